The average Bonchev–Trinajstić information content (AvgIpc) is 2.70. The molecule has 2 heterocycles. The van der Waals surface area contributed by atoms with Gasteiger partial charge in [0.05, 0.1) is 5.69 Å². The molecule has 6 nitrogen and oxygen atoms in total. The first-order valence-corrected chi connectivity index (χ1v) is 8.99. The zero-order chi connectivity index (χ0) is 19.1. The predicted molar refractivity (Wildman–Crippen MR) is 104 cm³/mol. The van der Waals surface area contributed by atoms with Crippen LogP contribution in [-0.4, -0.2) is 27.2 Å². The number of amides is 1. The predicted octanol–water partition coefficient (Wildman–Crippen LogP) is 2.23. The van der Waals surface area contributed by atoms with Crippen LogP contribution in [-0.2, 0) is 24.2 Å². The summed E-state index contributed by atoms with van der Waals surface area (Å²) in [5.74, 6) is -0.239. The molecule has 0 spiro atoms. The average molecular weight is 362 g/mol. The molecule has 0 radical (unpaired) electrons. The van der Waals surface area contributed by atoms with Crippen LogP contribution in [0.1, 0.15) is 18.1 Å². The van der Waals surface area contributed by atoms with E-state index in [2.05, 4.69) is 22.3 Å². The molecule has 0 bridgehead atoms. The van der Waals surface area contributed by atoms with Crippen molar-refractivity contribution >= 4 is 5.91 Å². The number of hydrogen-bond acceptors (Lipinski definition) is 4. The van der Waals surface area contributed by atoms with Crippen LogP contribution in [0.15, 0.2) is 65.7 Å². The summed E-state index contributed by atoms with van der Waals surface area (Å²) in [6.07, 6.45) is 5.12. The van der Waals surface area contributed by atoms with Crippen LogP contribution in [0.5, 0.6) is 0 Å². The van der Waals surface area contributed by atoms with E-state index < -0.39 is 0 Å². The number of nitrogens with one attached hydrogen (secondary N) is 1. The zero-order valence-electron chi connectivity index (χ0n) is 15.3. The largest absolute Gasteiger partial charge is 0.354 e. The third kappa shape index (κ3) is 5.10. The van der Waals surface area contributed by atoms with Crippen molar-refractivity contribution in [1.82, 2.24) is 20.1 Å². The fourth-order valence-electron chi connectivity index (χ4n) is 2.72. The van der Waals surface area contributed by atoms with Gasteiger partial charge in [-0.05, 0) is 42.2 Å². The molecule has 2 aromatic heterocycles. The fraction of sp³-hybridized carbons (Fsp3) is 0.238. The monoisotopic (exact) mass is 362 g/mol. The number of aromatic nitrogens is 3. The molecule has 0 saturated carbocycles. The van der Waals surface area contributed by atoms with Gasteiger partial charge in [-0.25, -0.2) is 4.68 Å². The van der Waals surface area contributed by atoms with Crippen molar-refractivity contribution in [3.05, 3.63) is 82.4 Å². The van der Waals surface area contributed by atoms with E-state index in [-0.39, 0.29) is 18.0 Å². The van der Waals surface area contributed by atoms with Gasteiger partial charge in [-0.15, -0.1) is 0 Å². The van der Waals surface area contributed by atoms with Crippen molar-refractivity contribution in [3.63, 3.8) is 0 Å². The Hall–Kier alpha value is -3.28. The van der Waals surface area contributed by atoms with Crippen LogP contribution in [0.25, 0.3) is 11.3 Å². The van der Waals surface area contributed by atoms with Crippen molar-refractivity contribution < 1.29 is 4.79 Å². The number of rotatable bonds is 7. The molecular weight excluding hydrogens is 340 g/mol. The molecule has 0 unspecified atom stereocenters. The first-order valence-electron chi connectivity index (χ1n) is 8.99. The minimum Gasteiger partial charge on any atom is -0.354 e. The highest BCUT2D eigenvalue weighted by atomic mass is 16.2. The molecule has 1 N–H and O–H groups in total. The minimum atomic E-state index is -0.298. The molecule has 27 heavy (non-hydrogen) atoms. The maximum absolute atomic E-state index is 12.2. The first-order chi connectivity index (χ1) is 13.2. The topological polar surface area (TPSA) is 76.9 Å². The first kappa shape index (κ1) is 18.5. The van der Waals surface area contributed by atoms with Crippen LogP contribution in [0, 0.1) is 0 Å². The highest BCUT2D eigenvalue weighted by Gasteiger charge is 2.08. The van der Waals surface area contributed by atoms with Gasteiger partial charge < -0.3 is 5.32 Å². The second kappa shape index (κ2) is 8.89. The normalized spacial score (nSPS) is 10.6. The Morgan fingerprint density at radius 2 is 1.74 bits per heavy atom. The Morgan fingerprint density at radius 3 is 2.44 bits per heavy atom. The van der Waals surface area contributed by atoms with Gasteiger partial charge in [-0.2, -0.15) is 5.10 Å². The van der Waals surface area contributed by atoms with Gasteiger partial charge in [0.2, 0.25) is 5.91 Å². The van der Waals surface area contributed by atoms with Gasteiger partial charge in [-0.1, -0.05) is 31.2 Å². The van der Waals surface area contributed by atoms with Gasteiger partial charge in [0.25, 0.3) is 5.56 Å². The van der Waals surface area contributed by atoms with Crippen molar-refractivity contribution in [2.45, 2.75) is 26.3 Å². The molecule has 0 saturated heterocycles. The lowest BCUT2D eigenvalue weighted by atomic mass is 10.1. The highest BCUT2D eigenvalue weighted by Crippen LogP contribution is 2.16. The molecule has 6 heteroatoms. The van der Waals surface area contributed by atoms with Crippen molar-refractivity contribution in [2.24, 2.45) is 0 Å². The van der Waals surface area contributed by atoms with Gasteiger partial charge in [-0.3, -0.25) is 14.6 Å². The molecule has 3 aromatic rings. The Kier molecular flexibility index (Phi) is 6.10. The number of carbonyl (C=O) groups excluding carboxylic acids is 1. The van der Waals surface area contributed by atoms with Gasteiger partial charge in [0.1, 0.15) is 6.54 Å². The van der Waals surface area contributed by atoms with E-state index in [1.807, 2.05) is 36.4 Å². The lowest BCUT2D eigenvalue weighted by Crippen LogP contribution is -2.34. The van der Waals surface area contributed by atoms with E-state index >= 15 is 0 Å². The maximum atomic E-state index is 12.2. The van der Waals surface area contributed by atoms with Gasteiger partial charge >= 0.3 is 0 Å². The van der Waals surface area contributed by atoms with Crippen molar-refractivity contribution in [1.29, 1.82) is 0 Å². The standard InChI is InChI=1S/C21H22N4O2/c1-2-16-3-5-18(6-4-16)19-7-8-21(27)25(24-19)15-20(26)23-14-11-17-9-12-22-13-10-17/h3-10,12-13H,2,11,14-15H2,1H3,(H,23,26). The summed E-state index contributed by atoms with van der Waals surface area (Å²) >= 11 is 0. The summed E-state index contributed by atoms with van der Waals surface area (Å²) in [5.41, 5.74) is 3.62. The Balaban J connectivity index is 1.63. The quantitative estimate of drug-likeness (QED) is 0.699. The van der Waals surface area contributed by atoms with Crippen molar-refractivity contribution in [2.75, 3.05) is 6.54 Å². The Bertz CT molecular complexity index is 950. The Morgan fingerprint density at radius 1 is 1.00 bits per heavy atom. The zero-order valence-corrected chi connectivity index (χ0v) is 15.3. The van der Waals surface area contributed by atoms with E-state index in [0.717, 1.165) is 17.5 Å². The third-order valence-electron chi connectivity index (χ3n) is 4.30. The summed E-state index contributed by atoms with van der Waals surface area (Å²) < 4.78 is 1.20. The number of carbonyl (C=O) groups is 1. The lowest BCUT2D eigenvalue weighted by Gasteiger charge is -2.09. The third-order valence-corrected chi connectivity index (χ3v) is 4.30. The molecule has 0 fully saturated rings. The number of benzene rings is 1. The number of nitrogens with zero attached hydrogens (tertiary/aromatic N) is 3. The molecule has 1 amide bonds. The van der Waals surface area contributed by atoms with Crippen LogP contribution >= 0.6 is 0 Å². The second-order valence-corrected chi connectivity index (χ2v) is 6.22. The van der Waals surface area contributed by atoms with Crippen LogP contribution in [0.4, 0.5) is 0 Å². The summed E-state index contributed by atoms with van der Waals surface area (Å²) in [4.78, 5) is 28.2. The minimum absolute atomic E-state index is 0.101. The van der Waals surface area contributed by atoms with E-state index in [4.69, 9.17) is 0 Å². The number of hydrogen-bond donors (Lipinski definition) is 1. The van der Waals surface area contributed by atoms with Crippen LogP contribution in [0.2, 0.25) is 0 Å². The van der Waals surface area contributed by atoms with E-state index in [9.17, 15) is 9.59 Å². The molecule has 1 aromatic carbocycles. The summed E-state index contributed by atoms with van der Waals surface area (Å²) in [6.45, 7) is 2.49. The van der Waals surface area contributed by atoms with E-state index in [0.29, 0.717) is 18.7 Å². The molecule has 0 aliphatic heterocycles. The molecule has 0 aliphatic carbocycles. The van der Waals surface area contributed by atoms with E-state index in [1.165, 1.54) is 16.3 Å². The summed E-state index contributed by atoms with van der Waals surface area (Å²) in [5, 5.41) is 7.16. The molecule has 0 atom stereocenters. The molecule has 0 aliphatic rings. The maximum Gasteiger partial charge on any atom is 0.267 e. The fourth-order valence-corrected chi connectivity index (χ4v) is 2.72. The van der Waals surface area contributed by atoms with Crippen molar-refractivity contribution in [3.8, 4) is 11.3 Å². The molecule has 3 rings (SSSR count). The smallest absolute Gasteiger partial charge is 0.267 e. The highest BCUT2D eigenvalue weighted by molar-refractivity contribution is 5.75. The lowest BCUT2D eigenvalue weighted by molar-refractivity contribution is -0.121. The summed E-state index contributed by atoms with van der Waals surface area (Å²) in [7, 11) is 0. The second-order valence-electron chi connectivity index (χ2n) is 6.22. The number of pyridine rings is 1. The SMILES string of the molecule is CCc1ccc(-c2ccc(=O)n(CC(=O)NCCc3ccncc3)n2)cc1. The number of aryl methyl sites for hydroxylation is 1. The molecule has 138 valence electrons. The van der Waals surface area contributed by atoms with E-state index in [1.54, 1.807) is 18.5 Å². The van der Waals surface area contributed by atoms with Gasteiger partial charge in [0, 0.05) is 30.6 Å². The summed E-state index contributed by atoms with van der Waals surface area (Å²) in [6, 6.07) is 15.0. The van der Waals surface area contributed by atoms with Crippen LogP contribution in [0.3, 0.4) is 0 Å². The Labute approximate surface area is 157 Å². The molecular formula is C21H22N4O2. The van der Waals surface area contributed by atoms with Crippen LogP contribution < -0.4 is 10.9 Å². The van der Waals surface area contributed by atoms with Gasteiger partial charge in [0.15, 0.2) is 0 Å².